The molecular weight excluding hydrogens is 400 g/mol. The molecular formula is C19H28N2O5S2. The zero-order chi connectivity index (χ0) is 20.4. The van der Waals surface area contributed by atoms with E-state index in [9.17, 15) is 21.6 Å². The summed E-state index contributed by atoms with van der Waals surface area (Å²) in [7, 11) is -7.69. The second-order valence-corrected chi connectivity index (χ2v) is 11.7. The van der Waals surface area contributed by atoms with Crippen LogP contribution in [0, 0.1) is 5.92 Å². The Morgan fingerprint density at radius 2 is 1.61 bits per heavy atom. The average Bonchev–Trinajstić information content (AvgIpc) is 2.68. The smallest absolute Gasteiger partial charge is 0.244 e. The van der Waals surface area contributed by atoms with Gasteiger partial charge in [0, 0.05) is 25.4 Å². The Kier molecular flexibility index (Phi) is 6.46. The molecule has 1 N–H and O–H groups in total. The lowest BCUT2D eigenvalue weighted by Crippen LogP contribution is -2.48. The normalized spacial score (nSPS) is 22.7. The van der Waals surface area contributed by atoms with Gasteiger partial charge in [0.1, 0.15) is 4.90 Å². The van der Waals surface area contributed by atoms with Crippen LogP contribution in [-0.4, -0.2) is 52.4 Å². The van der Waals surface area contributed by atoms with E-state index in [4.69, 9.17) is 0 Å². The van der Waals surface area contributed by atoms with Crippen molar-refractivity contribution < 1.29 is 21.6 Å². The molecule has 2 fully saturated rings. The van der Waals surface area contributed by atoms with Gasteiger partial charge in [0.25, 0.3) is 0 Å². The van der Waals surface area contributed by atoms with Crippen molar-refractivity contribution in [2.24, 2.45) is 5.92 Å². The van der Waals surface area contributed by atoms with Gasteiger partial charge >= 0.3 is 0 Å². The lowest BCUT2D eigenvalue weighted by Gasteiger charge is -2.33. The van der Waals surface area contributed by atoms with Crippen LogP contribution in [0.1, 0.15) is 44.9 Å². The Morgan fingerprint density at radius 3 is 2.25 bits per heavy atom. The van der Waals surface area contributed by atoms with Crippen LogP contribution < -0.4 is 5.32 Å². The van der Waals surface area contributed by atoms with Crippen molar-refractivity contribution in [2.45, 2.75) is 60.8 Å². The number of hydrogen-bond donors (Lipinski definition) is 1. The fraction of sp³-hybridized carbons (Fsp3) is 0.632. The van der Waals surface area contributed by atoms with Crippen LogP contribution in [0.25, 0.3) is 0 Å². The monoisotopic (exact) mass is 428 g/mol. The molecule has 1 heterocycles. The zero-order valence-electron chi connectivity index (χ0n) is 16.1. The number of piperidine rings is 1. The highest BCUT2D eigenvalue weighted by Gasteiger charge is 2.36. The molecule has 2 aliphatic rings. The van der Waals surface area contributed by atoms with E-state index in [1.54, 1.807) is 0 Å². The van der Waals surface area contributed by atoms with Crippen molar-refractivity contribution in [2.75, 3.05) is 19.3 Å². The molecule has 3 rings (SSSR count). The zero-order valence-corrected chi connectivity index (χ0v) is 17.8. The van der Waals surface area contributed by atoms with Gasteiger partial charge in [0.2, 0.25) is 15.9 Å². The molecule has 28 heavy (non-hydrogen) atoms. The van der Waals surface area contributed by atoms with E-state index in [-0.39, 0.29) is 34.8 Å². The van der Waals surface area contributed by atoms with Crippen LogP contribution in [0.2, 0.25) is 0 Å². The maximum absolute atomic E-state index is 13.1. The largest absolute Gasteiger partial charge is 0.353 e. The number of amides is 1. The number of sulfone groups is 1. The fourth-order valence-corrected chi connectivity index (χ4v) is 7.18. The highest BCUT2D eigenvalue weighted by atomic mass is 32.2. The SMILES string of the molecule is CS(=O)(=O)c1ccccc1S(=O)(=O)N1CCCC(C(=O)NC2CCCCC2)C1. The van der Waals surface area contributed by atoms with Crippen molar-refractivity contribution >= 4 is 25.8 Å². The van der Waals surface area contributed by atoms with Crippen LogP contribution in [0.4, 0.5) is 0 Å². The quantitative estimate of drug-likeness (QED) is 0.772. The third-order valence-corrected chi connectivity index (χ3v) is 8.78. The molecule has 0 spiro atoms. The van der Waals surface area contributed by atoms with Crippen molar-refractivity contribution in [3.63, 3.8) is 0 Å². The third kappa shape index (κ3) is 4.75. The van der Waals surface area contributed by atoms with E-state index in [0.29, 0.717) is 12.8 Å². The Morgan fingerprint density at radius 1 is 0.964 bits per heavy atom. The lowest BCUT2D eigenvalue weighted by molar-refractivity contribution is -0.127. The molecule has 1 aromatic carbocycles. The molecule has 1 atom stereocenters. The standard InChI is InChI=1S/C19H28N2O5S2/c1-27(23,24)17-11-5-6-12-18(17)28(25,26)21-13-7-8-15(14-21)19(22)20-16-9-3-2-4-10-16/h5-6,11-12,15-16H,2-4,7-10,13-14H2,1H3,(H,20,22). The van der Waals surface area contributed by atoms with E-state index in [1.807, 2.05) is 0 Å². The molecule has 0 bridgehead atoms. The first-order valence-corrected chi connectivity index (χ1v) is 13.1. The van der Waals surface area contributed by atoms with Gasteiger partial charge in [0.05, 0.1) is 10.8 Å². The number of sulfonamides is 1. The topological polar surface area (TPSA) is 101 Å². The number of nitrogens with zero attached hydrogens (tertiary/aromatic N) is 1. The maximum Gasteiger partial charge on any atom is 0.244 e. The number of carbonyl (C=O) groups excluding carboxylic acids is 1. The Bertz CT molecular complexity index is 921. The fourth-order valence-electron chi connectivity index (χ4n) is 4.05. The molecule has 9 heteroatoms. The average molecular weight is 429 g/mol. The van der Waals surface area contributed by atoms with Gasteiger partial charge < -0.3 is 5.32 Å². The predicted octanol–water partition coefficient (Wildman–Crippen LogP) is 1.94. The summed E-state index contributed by atoms with van der Waals surface area (Å²) in [5.41, 5.74) is 0. The first-order valence-electron chi connectivity index (χ1n) is 9.79. The van der Waals surface area contributed by atoms with Crippen LogP contribution in [0.3, 0.4) is 0 Å². The Balaban J connectivity index is 1.77. The molecule has 1 amide bonds. The van der Waals surface area contributed by atoms with E-state index in [1.165, 1.54) is 35.0 Å². The lowest BCUT2D eigenvalue weighted by atomic mass is 9.93. The molecule has 7 nitrogen and oxygen atoms in total. The molecule has 0 aromatic heterocycles. The summed E-state index contributed by atoms with van der Waals surface area (Å²) in [4.78, 5) is 12.3. The predicted molar refractivity (Wildman–Crippen MR) is 106 cm³/mol. The second-order valence-electron chi connectivity index (χ2n) is 7.76. The van der Waals surface area contributed by atoms with Gasteiger partial charge in [-0.3, -0.25) is 4.79 Å². The number of carbonyl (C=O) groups is 1. The second kappa shape index (κ2) is 8.51. The third-order valence-electron chi connectivity index (χ3n) is 5.57. The minimum Gasteiger partial charge on any atom is -0.353 e. The van der Waals surface area contributed by atoms with Gasteiger partial charge in [0.15, 0.2) is 9.84 Å². The van der Waals surface area contributed by atoms with Gasteiger partial charge in [-0.2, -0.15) is 4.31 Å². The number of nitrogens with one attached hydrogen (secondary N) is 1. The van der Waals surface area contributed by atoms with Crippen molar-refractivity contribution in [1.29, 1.82) is 0 Å². The maximum atomic E-state index is 13.1. The van der Waals surface area contributed by atoms with Crippen LogP contribution in [0.5, 0.6) is 0 Å². The molecule has 1 saturated heterocycles. The van der Waals surface area contributed by atoms with E-state index < -0.39 is 25.8 Å². The van der Waals surface area contributed by atoms with E-state index in [0.717, 1.165) is 31.9 Å². The van der Waals surface area contributed by atoms with Crippen LogP contribution >= 0.6 is 0 Å². The highest BCUT2D eigenvalue weighted by molar-refractivity contribution is 7.93. The molecule has 1 unspecified atom stereocenters. The Labute approximate surface area is 167 Å². The summed E-state index contributed by atoms with van der Waals surface area (Å²) in [6, 6.07) is 5.82. The summed E-state index contributed by atoms with van der Waals surface area (Å²) >= 11 is 0. The first-order chi connectivity index (χ1) is 13.2. The number of hydrogen-bond acceptors (Lipinski definition) is 5. The molecule has 1 aliphatic carbocycles. The summed E-state index contributed by atoms with van der Waals surface area (Å²) in [5.74, 6) is -0.501. The van der Waals surface area contributed by atoms with E-state index in [2.05, 4.69) is 5.32 Å². The highest BCUT2D eigenvalue weighted by Crippen LogP contribution is 2.28. The molecule has 0 radical (unpaired) electrons. The summed E-state index contributed by atoms with van der Waals surface area (Å²) < 4.78 is 51.6. The van der Waals surface area contributed by atoms with Crippen molar-refractivity contribution in [3.05, 3.63) is 24.3 Å². The van der Waals surface area contributed by atoms with Gasteiger partial charge in [-0.05, 0) is 37.8 Å². The van der Waals surface area contributed by atoms with Gasteiger partial charge in [-0.1, -0.05) is 31.4 Å². The van der Waals surface area contributed by atoms with Crippen molar-refractivity contribution in [1.82, 2.24) is 9.62 Å². The molecule has 1 aromatic rings. The van der Waals surface area contributed by atoms with Crippen LogP contribution in [0.15, 0.2) is 34.1 Å². The van der Waals surface area contributed by atoms with Crippen LogP contribution in [-0.2, 0) is 24.7 Å². The molecule has 1 aliphatic heterocycles. The summed E-state index contributed by atoms with van der Waals surface area (Å²) in [6.45, 7) is 0.368. The number of benzene rings is 1. The minimum atomic E-state index is -4.00. The minimum absolute atomic E-state index is 0.0823. The number of rotatable bonds is 5. The summed E-state index contributed by atoms with van der Waals surface area (Å²) in [5, 5.41) is 3.08. The van der Waals surface area contributed by atoms with E-state index >= 15 is 0 Å². The molecule has 156 valence electrons. The first kappa shape index (κ1) is 21.3. The molecule has 1 saturated carbocycles. The Hall–Kier alpha value is -1.45. The van der Waals surface area contributed by atoms with Gasteiger partial charge in [-0.15, -0.1) is 0 Å². The van der Waals surface area contributed by atoms with Gasteiger partial charge in [-0.25, -0.2) is 16.8 Å². The summed E-state index contributed by atoms with van der Waals surface area (Å²) in [6.07, 6.45) is 7.57. The van der Waals surface area contributed by atoms with Crippen molar-refractivity contribution in [3.8, 4) is 0 Å².